The molecule has 1 amide bonds. The second kappa shape index (κ2) is 14.0. The summed E-state index contributed by atoms with van der Waals surface area (Å²) >= 11 is 0. The van der Waals surface area contributed by atoms with Gasteiger partial charge in [-0.1, -0.05) is 65.8 Å². The molecule has 2 aromatic heterocycles. The van der Waals surface area contributed by atoms with Gasteiger partial charge in [0.05, 0.1) is 23.2 Å². The number of aromatic nitrogens is 4. The summed E-state index contributed by atoms with van der Waals surface area (Å²) in [7, 11) is -0.221. The van der Waals surface area contributed by atoms with E-state index < -0.39 is 16.1 Å². The highest BCUT2D eigenvalue weighted by molar-refractivity contribution is 7.92. The molecule has 4 bridgehead atoms. The average molecular weight is 701 g/mol. The zero-order valence-electron chi connectivity index (χ0n) is 30.9. The van der Waals surface area contributed by atoms with Gasteiger partial charge in [0.15, 0.2) is 12.0 Å². The third-order valence-corrected chi connectivity index (χ3v) is 9.72. The Labute approximate surface area is 296 Å². The van der Waals surface area contributed by atoms with E-state index in [0.717, 1.165) is 29.1 Å². The van der Waals surface area contributed by atoms with E-state index in [1.54, 1.807) is 23.1 Å². The fourth-order valence-electron chi connectivity index (χ4n) is 6.43. The smallest absolute Gasteiger partial charge is 0.264 e. The largest absolute Gasteiger partial charge is 0.475 e. The number of hydrogen-bond donors (Lipinski definition) is 1. The number of hydrogen-bond acceptors (Lipinski definition) is 8. The van der Waals surface area contributed by atoms with Crippen LogP contribution >= 0.6 is 0 Å². The normalized spacial score (nSPS) is 16.4. The van der Waals surface area contributed by atoms with Crippen LogP contribution in [0, 0.1) is 24.7 Å². The van der Waals surface area contributed by atoms with Crippen LogP contribution in [0.1, 0.15) is 75.1 Å². The van der Waals surface area contributed by atoms with E-state index in [-0.39, 0.29) is 52.2 Å². The molecule has 0 fully saturated rings. The zero-order chi connectivity index (χ0) is 36.6. The van der Waals surface area contributed by atoms with Crippen LogP contribution in [0.3, 0.4) is 0 Å². The van der Waals surface area contributed by atoms with Crippen molar-refractivity contribution < 1.29 is 22.5 Å². The Hall–Kier alpha value is -4.58. The van der Waals surface area contributed by atoms with Gasteiger partial charge in [0, 0.05) is 30.8 Å². The summed E-state index contributed by atoms with van der Waals surface area (Å²) in [4.78, 5) is 32.5. The minimum atomic E-state index is -4.18. The predicted molar refractivity (Wildman–Crippen MR) is 196 cm³/mol. The van der Waals surface area contributed by atoms with Gasteiger partial charge in [-0.2, -0.15) is 4.98 Å². The zero-order valence-corrected chi connectivity index (χ0v) is 31.7. The lowest BCUT2D eigenvalue weighted by molar-refractivity contribution is -0.671. The van der Waals surface area contributed by atoms with Gasteiger partial charge in [0.25, 0.3) is 15.9 Å². The topological polar surface area (TPSA) is 122 Å². The molecule has 50 heavy (non-hydrogen) atoms. The molecule has 0 saturated carbocycles. The number of fused-ring (bicyclic) bond motifs is 4. The Morgan fingerprint density at radius 3 is 2.30 bits per heavy atom. The van der Waals surface area contributed by atoms with Crippen LogP contribution in [0.2, 0.25) is 0 Å². The van der Waals surface area contributed by atoms with E-state index in [4.69, 9.17) is 9.72 Å². The van der Waals surface area contributed by atoms with E-state index in [1.807, 2.05) is 63.1 Å². The average Bonchev–Trinajstić information content (AvgIpc) is 2.99. The van der Waals surface area contributed by atoms with Gasteiger partial charge in [0.2, 0.25) is 18.0 Å². The lowest BCUT2D eigenvalue weighted by Crippen LogP contribution is -2.46. The van der Waals surface area contributed by atoms with Gasteiger partial charge in [-0.25, -0.2) is 27.7 Å². The number of ether oxygens (including phenoxy) is 1. The third kappa shape index (κ3) is 8.95. The van der Waals surface area contributed by atoms with Crippen LogP contribution in [0.4, 0.5) is 11.8 Å². The van der Waals surface area contributed by atoms with Crippen LogP contribution in [0.5, 0.6) is 5.88 Å². The standard InChI is InChI=1S/C38H50N7O4S/c1-25-13-11-14-26(2)34(25)31-18-33-41-36(40-31)42-50(47,48)30-16-12-15-27(17-30)35(46)45(29(23-49-33)19-37(3,4)5)21-28-20-43(9)22-32(39-28)44(10)24-38(6,7)8/h11-18,20,22,29H,19,21,23-24H2,1-10H3,(H,40,41,42)/q+1/t29-/m1/s1. The minimum absolute atomic E-state index is 0.0463. The Balaban J connectivity index is 1.65. The molecule has 266 valence electrons. The molecule has 11 nitrogen and oxygen atoms in total. The van der Waals surface area contributed by atoms with E-state index in [1.165, 1.54) is 12.1 Å². The van der Waals surface area contributed by atoms with Gasteiger partial charge in [-0.05, 0) is 60.4 Å². The van der Waals surface area contributed by atoms with Gasteiger partial charge in [0.1, 0.15) is 19.3 Å². The first-order valence-corrected chi connectivity index (χ1v) is 18.4. The molecule has 0 spiro atoms. The lowest BCUT2D eigenvalue weighted by atomic mass is 9.87. The van der Waals surface area contributed by atoms with Crippen molar-refractivity contribution >= 4 is 27.7 Å². The molecule has 5 rings (SSSR count). The number of carbonyl (C=O) groups excluding carboxylic acids is 1. The van der Waals surface area contributed by atoms with Crippen LogP contribution in [0.25, 0.3) is 11.3 Å². The molecule has 1 aliphatic heterocycles. The number of aryl methyl sites for hydroxylation is 3. The first kappa shape index (κ1) is 36.7. The van der Waals surface area contributed by atoms with E-state index in [0.29, 0.717) is 17.8 Å². The van der Waals surface area contributed by atoms with Crippen molar-refractivity contribution in [3.05, 3.63) is 83.3 Å². The summed E-state index contributed by atoms with van der Waals surface area (Å²) in [6.45, 7) is 17.9. The number of benzene rings is 2. The van der Waals surface area contributed by atoms with Crippen molar-refractivity contribution in [2.24, 2.45) is 17.9 Å². The van der Waals surface area contributed by atoms with Gasteiger partial charge >= 0.3 is 0 Å². The summed E-state index contributed by atoms with van der Waals surface area (Å²) in [5.74, 6) is 0.538. The fourth-order valence-corrected chi connectivity index (χ4v) is 7.42. The second-order valence-electron chi connectivity index (χ2n) is 15.8. The van der Waals surface area contributed by atoms with Crippen LogP contribution < -0.4 is 18.9 Å². The van der Waals surface area contributed by atoms with Crippen molar-refractivity contribution in [2.45, 2.75) is 79.3 Å². The molecule has 1 atom stereocenters. The first-order chi connectivity index (χ1) is 23.3. The number of anilines is 2. The molecule has 1 aliphatic rings. The van der Waals surface area contributed by atoms with E-state index in [9.17, 15) is 13.2 Å². The number of rotatable bonds is 6. The maximum absolute atomic E-state index is 14.6. The third-order valence-electron chi connectivity index (χ3n) is 8.39. The summed E-state index contributed by atoms with van der Waals surface area (Å²) in [5, 5.41) is 0. The molecular weight excluding hydrogens is 651 g/mol. The lowest BCUT2D eigenvalue weighted by Gasteiger charge is -2.35. The molecule has 12 heteroatoms. The molecule has 0 unspecified atom stereocenters. The van der Waals surface area contributed by atoms with Crippen LogP contribution in [-0.2, 0) is 23.6 Å². The van der Waals surface area contributed by atoms with E-state index in [2.05, 4.69) is 61.1 Å². The SMILES string of the molecule is Cc1cccc(C)c1-c1cc2nc(n1)NS(=O)(=O)c1cccc(c1)C(=O)N(Cc1c[n+](C)cc(N(C)CC(C)(C)C)n1)[C@H](CC(C)(C)C)CO2. The summed E-state index contributed by atoms with van der Waals surface area (Å²) in [6, 6.07) is 13.3. The van der Waals surface area contributed by atoms with E-state index >= 15 is 0 Å². The quantitative estimate of drug-likeness (QED) is 0.240. The number of sulfonamides is 1. The number of amides is 1. The highest BCUT2D eigenvalue weighted by atomic mass is 32.2. The predicted octanol–water partition coefficient (Wildman–Crippen LogP) is 6.10. The Bertz CT molecular complexity index is 1980. The molecular formula is C38H50N7O4S+. The molecule has 0 saturated heterocycles. The Morgan fingerprint density at radius 1 is 0.960 bits per heavy atom. The van der Waals surface area contributed by atoms with Crippen molar-refractivity contribution in [2.75, 3.05) is 29.8 Å². The first-order valence-electron chi connectivity index (χ1n) is 16.9. The van der Waals surface area contributed by atoms with Crippen molar-refractivity contribution in [3.8, 4) is 17.1 Å². The molecule has 4 aromatic rings. The second-order valence-corrected chi connectivity index (χ2v) is 17.5. The Morgan fingerprint density at radius 2 is 1.64 bits per heavy atom. The number of nitrogens with one attached hydrogen (secondary N) is 1. The van der Waals surface area contributed by atoms with Crippen molar-refractivity contribution in [1.29, 1.82) is 0 Å². The van der Waals surface area contributed by atoms with Crippen molar-refractivity contribution in [1.82, 2.24) is 19.9 Å². The van der Waals surface area contributed by atoms with Crippen molar-refractivity contribution in [3.63, 3.8) is 0 Å². The highest BCUT2D eigenvalue weighted by Crippen LogP contribution is 2.32. The summed E-state index contributed by atoms with van der Waals surface area (Å²) < 4.78 is 38.4. The fraction of sp³-hybridized carbons (Fsp3) is 0.447. The van der Waals surface area contributed by atoms with Gasteiger partial charge in [-0.15, -0.1) is 0 Å². The molecule has 1 N–H and O–H groups in total. The molecule has 0 aliphatic carbocycles. The number of carbonyl (C=O) groups is 1. The van der Waals surface area contributed by atoms with Gasteiger partial charge in [-0.3, -0.25) is 4.79 Å². The number of nitrogens with zero attached hydrogens (tertiary/aromatic N) is 6. The highest BCUT2D eigenvalue weighted by Gasteiger charge is 2.32. The minimum Gasteiger partial charge on any atom is -0.475 e. The summed E-state index contributed by atoms with van der Waals surface area (Å²) in [5.41, 5.74) is 4.13. The van der Waals surface area contributed by atoms with Crippen LogP contribution in [0.15, 0.2) is 65.8 Å². The molecule has 2 aromatic carbocycles. The summed E-state index contributed by atoms with van der Waals surface area (Å²) in [6.07, 6.45) is 4.47. The Kier molecular flexibility index (Phi) is 10.3. The molecule has 3 heterocycles. The molecule has 0 radical (unpaired) electrons. The van der Waals surface area contributed by atoms with Crippen LogP contribution in [-0.4, -0.2) is 60.4 Å². The maximum atomic E-state index is 14.6. The maximum Gasteiger partial charge on any atom is 0.264 e. The monoisotopic (exact) mass is 700 g/mol. The van der Waals surface area contributed by atoms with Gasteiger partial charge < -0.3 is 14.5 Å².